The van der Waals surface area contributed by atoms with Crippen molar-refractivity contribution in [2.24, 2.45) is 11.7 Å². The zero-order valence-corrected chi connectivity index (χ0v) is 16.1. The van der Waals surface area contributed by atoms with Gasteiger partial charge in [0.15, 0.2) is 5.75 Å². The van der Waals surface area contributed by atoms with Gasteiger partial charge < -0.3 is 30.7 Å². The molecule has 0 unspecified atom stereocenters. The second kappa shape index (κ2) is 10.1. The van der Waals surface area contributed by atoms with E-state index in [1.54, 1.807) is 13.8 Å². The molecule has 3 amide bonds. The van der Waals surface area contributed by atoms with Gasteiger partial charge in [0, 0.05) is 30.8 Å². The van der Waals surface area contributed by atoms with Crippen molar-refractivity contribution in [3.05, 3.63) is 18.2 Å². The van der Waals surface area contributed by atoms with Crippen LogP contribution in [0.3, 0.4) is 0 Å². The zero-order chi connectivity index (χ0) is 21.6. The minimum Gasteiger partial charge on any atom is -0.433 e. The maximum atomic E-state index is 12.9. The van der Waals surface area contributed by atoms with E-state index in [0.29, 0.717) is 0 Å². The maximum Gasteiger partial charge on any atom is 0.387 e. The molecule has 29 heavy (non-hydrogen) atoms. The van der Waals surface area contributed by atoms with Gasteiger partial charge in [-0.25, -0.2) is 0 Å². The Morgan fingerprint density at radius 2 is 2.03 bits per heavy atom. The van der Waals surface area contributed by atoms with Crippen molar-refractivity contribution >= 4 is 29.1 Å². The molecule has 160 valence electrons. The van der Waals surface area contributed by atoms with Crippen LogP contribution in [0.2, 0.25) is 0 Å². The van der Waals surface area contributed by atoms with Crippen LogP contribution in [-0.2, 0) is 19.1 Å². The highest BCUT2D eigenvalue weighted by atomic mass is 19.3. The minimum absolute atomic E-state index is 0.139. The summed E-state index contributed by atoms with van der Waals surface area (Å²) in [6.07, 6.45) is 0. The number of nitrogens with zero attached hydrogens (tertiary/aromatic N) is 1. The Kier molecular flexibility index (Phi) is 7.85. The number of amides is 3. The van der Waals surface area contributed by atoms with Gasteiger partial charge in [0.1, 0.15) is 12.6 Å². The molecule has 1 aliphatic rings. The van der Waals surface area contributed by atoms with E-state index in [1.165, 1.54) is 23.1 Å². The van der Waals surface area contributed by atoms with E-state index in [0.717, 1.165) is 0 Å². The first-order chi connectivity index (χ1) is 13.7. The number of carbonyl (C=O) groups is 3. The highest BCUT2D eigenvalue weighted by Crippen LogP contribution is 2.33. The summed E-state index contributed by atoms with van der Waals surface area (Å²) in [5.74, 6) is -1.97. The van der Waals surface area contributed by atoms with Crippen molar-refractivity contribution in [2.75, 3.05) is 36.5 Å². The average molecular weight is 414 g/mol. The summed E-state index contributed by atoms with van der Waals surface area (Å²) in [6, 6.07) is 3.01. The molecular formula is C18H24F2N4O5. The summed E-state index contributed by atoms with van der Waals surface area (Å²) in [5, 5.41) is 5.01. The number of benzene rings is 1. The third kappa shape index (κ3) is 6.09. The molecule has 0 saturated carbocycles. The number of rotatable bonds is 8. The highest BCUT2D eigenvalue weighted by molar-refractivity contribution is 5.99. The van der Waals surface area contributed by atoms with Crippen molar-refractivity contribution in [3.8, 4) is 5.75 Å². The number of hydrogen-bond acceptors (Lipinski definition) is 6. The van der Waals surface area contributed by atoms with E-state index in [4.69, 9.17) is 10.5 Å². The molecule has 1 aliphatic heterocycles. The summed E-state index contributed by atoms with van der Waals surface area (Å²) >= 11 is 0. The van der Waals surface area contributed by atoms with Crippen LogP contribution in [0.4, 0.5) is 20.2 Å². The summed E-state index contributed by atoms with van der Waals surface area (Å²) in [4.78, 5) is 37.5. The van der Waals surface area contributed by atoms with Gasteiger partial charge >= 0.3 is 6.61 Å². The number of alkyl halides is 2. The van der Waals surface area contributed by atoms with Crippen molar-refractivity contribution in [2.45, 2.75) is 26.5 Å². The lowest BCUT2D eigenvalue weighted by molar-refractivity contribution is -0.128. The van der Waals surface area contributed by atoms with Crippen LogP contribution in [0.1, 0.15) is 13.8 Å². The molecule has 1 atom stereocenters. The molecule has 11 heteroatoms. The van der Waals surface area contributed by atoms with Crippen LogP contribution in [-0.4, -0.2) is 56.7 Å². The van der Waals surface area contributed by atoms with Crippen molar-refractivity contribution in [3.63, 3.8) is 0 Å². The van der Waals surface area contributed by atoms with Crippen LogP contribution in [0.5, 0.6) is 5.75 Å². The molecule has 1 aromatic carbocycles. The maximum absolute atomic E-state index is 12.9. The fourth-order valence-electron chi connectivity index (χ4n) is 2.58. The molecule has 0 spiro atoms. The first-order valence-electron chi connectivity index (χ1n) is 9.01. The van der Waals surface area contributed by atoms with E-state index >= 15 is 0 Å². The Morgan fingerprint density at radius 3 is 2.62 bits per heavy atom. The van der Waals surface area contributed by atoms with Crippen molar-refractivity contribution in [1.82, 2.24) is 5.32 Å². The summed E-state index contributed by atoms with van der Waals surface area (Å²) in [7, 11) is 0. The van der Waals surface area contributed by atoms with Crippen LogP contribution in [0, 0.1) is 5.92 Å². The minimum atomic E-state index is -3.13. The van der Waals surface area contributed by atoms with Crippen molar-refractivity contribution in [1.29, 1.82) is 0 Å². The van der Waals surface area contributed by atoms with E-state index < -0.39 is 24.5 Å². The summed E-state index contributed by atoms with van der Waals surface area (Å²) in [5.41, 5.74) is 5.84. The molecule has 0 bridgehead atoms. The SMILES string of the molecule is CC(C)C(=O)N[C@H](CN)C(=O)Nc1ccc(N2CCOCC2=O)c(OC(F)F)c1. The van der Waals surface area contributed by atoms with Gasteiger partial charge in [0.2, 0.25) is 11.8 Å². The second-order valence-electron chi connectivity index (χ2n) is 6.60. The number of carbonyl (C=O) groups excluding carboxylic acids is 3. The van der Waals surface area contributed by atoms with Gasteiger partial charge in [-0.15, -0.1) is 0 Å². The molecule has 1 heterocycles. The van der Waals surface area contributed by atoms with Crippen LogP contribution in [0.15, 0.2) is 18.2 Å². The standard InChI is InChI=1S/C18H24F2N4O5/c1-10(2)16(26)23-12(8-21)17(27)22-11-3-4-13(14(7-11)29-18(19)20)24-5-6-28-9-15(24)25/h3-4,7,10,12,18H,5-6,8-9,21H2,1-2H3,(H,22,27)(H,23,26)/t12-/m1/s1. The molecule has 9 nitrogen and oxygen atoms in total. The Morgan fingerprint density at radius 1 is 1.31 bits per heavy atom. The smallest absolute Gasteiger partial charge is 0.387 e. The van der Waals surface area contributed by atoms with Crippen LogP contribution in [0.25, 0.3) is 0 Å². The van der Waals surface area contributed by atoms with Gasteiger partial charge in [0.25, 0.3) is 5.91 Å². The van der Waals surface area contributed by atoms with Gasteiger partial charge in [-0.2, -0.15) is 8.78 Å². The highest BCUT2D eigenvalue weighted by Gasteiger charge is 2.26. The fraction of sp³-hybridized carbons (Fsp3) is 0.500. The number of halogens is 2. The lowest BCUT2D eigenvalue weighted by Crippen LogP contribution is -2.49. The van der Waals surface area contributed by atoms with E-state index in [-0.39, 0.29) is 55.3 Å². The normalized spacial score (nSPS) is 15.4. The van der Waals surface area contributed by atoms with Gasteiger partial charge in [-0.1, -0.05) is 13.8 Å². The van der Waals surface area contributed by atoms with Gasteiger partial charge in [-0.3, -0.25) is 14.4 Å². The lowest BCUT2D eigenvalue weighted by Gasteiger charge is -2.28. The van der Waals surface area contributed by atoms with Crippen molar-refractivity contribution < 1.29 is 32.6 Å². The third-order valence-electron chi connectivity index (χ3n) is 4.11. The molecule has 1 saturated heterocycles. The molecule has 0 radical (unpaired) electrons. The quantitative estimate of drug-likeness (QED) is 0.575. The Labute approximate surface area is 166 Å². The number of nitrogens with one attached hydrogen (secondary N) is 2. The number of nitrogens with two attached hydrogens (primary N) is 1. The zero-order valence-electron chi connectivity index (χ0n) is 16.1. The second-order valence-corrected chi connectivity index (χ2v) is 6.60. The fourth-order valence-corrected chi connectivity index (χ4v) is 2.58. The monoisotopic (exact) mass is 414 g/mol. The molecular weight excluding hydrogens is 390 g/mol. The average Bonchev–Trinajstić information content (AvgIpc) is 2.66. The largest absolute Gasteiger partial charge is 0.433 e. The third-order valence-corrected chi connectivity index (χ3v) is 4.11. The predicted molar refractivity (Wildman–Crippen MR) is 101 cm³/mol. The number of anilines is 2. The molecule has 1 fully saturated rings. The number of hydrogen-bond donors (Lipinski definition) is 3. The van der Waals surface area contributed by atoms with Gasteiger partial charge in [0.05, 0.1) is 12.3 Å². The molecule has 4 N–H and O–H groups in total. The Hall–Kier alpha value is -2.79. The number of ether oxygens (including phenoxy) is 2. The van der Waals surface area contributed by atoms with E-state index in [1.807, 2.05) is 0 Å². The van der Waals surface area contributed by atoms with Gasteiger partial charge in [-0.05, 0) is 12.1 Å². The van der Waals surface area contributed by atoms with E-state index in [9.17, 15) is 23.2 Å². The molecule has 1 aromatic rings. The van der Waals surface area contributed by atoms with Crippen LogP contribution >= 0.6 is 0 Å². The molecule has 0 aromatic heterocycles. The van der Waals surface area contributed by atoms with Crippen LogP contribution < -0.4 is 26.0 Å². The summed E-state index contributed by atoms with van der Waals surface area (Å²) < 4.78 is 35.3. The topological polar surface area (TPSA) is 123 Å². The molecule has 2 rings (SSSR count). The lowest BCUT2D eigenvalue weighted by atomic mass is 10.1. The Balaban J connectivity index is 2.21. The predicted octanol–water partition coefficient (Wildman–Crippen LogP) is 0.689. The first-order valence-corrected chi connectivity index (χ1v) is 9.01. The number of morpholine rings is 1. The Bertz CT molecular complexity index is 760. The first kappa shape index (κ1) is 22.5. The summed E-state index contributed by atoms with van der Waals surface area (Å²) in [6.45, 7) is 0.330. The van der Waals surface area contributed by atoms with E-state index in [2.05, 4.69) is 15.4 Å². The molecule has 0 aliphatic carbocycles.